The lowest BCUT2D eigenvalue weighted by atomic mass is 10.1. The molecular formula is C17H12ClNO2. The van der Waals surface area contributed by atoms with Gasteiger partial charge in [-0.1, -0.05) is 47.5 Å². The second-order valence-electron chi connectivity index (χ2n) is 4.85. The third-order valence-electron chi connectivity index (χ3n) is 3.47. The molecule has 3 nitrogen and oxygen atoms in total. The average Bonchev–Trinajstić information content (AvgIpc) is 2.78. The second kappa shape index (κ2) is 5.19. The number of carbonyl (C=O) groups excluding carboxylic acids is 2. The van der Waals surface area contributed by atoms with Crippen molar-refractivity contribution in [3.05, 3.63) is 70.4 Å². The molecule has 0 saturated carbocycles. The number of carbonyl (C=O) groups is 2. The van der Waals surface area contributed by atoms with E-state index >= 15 is 0 Å². The fraction of sp³-hybridized carbons (Fsp3) is 0.0588. The zero-order valence-electron chi connectivity index (χ0n) is 11.3. The third-order valence-corrected chi connectivity index (χ3v) is 3.85. The Morgan fingerprint density at radius 2 is 1.76 bits per heavy atom. The van der Waals surface area contributed by atoms with Gasteiger partial charge in [0.15, 0.2) is 6.29 Å². The molecule has 3 aromatic rings. The first-order valence-electron chi connectivity index (χ1n) is 6.49. The van der Waals surface area contributed by atoms with Gasteiger partial charge in [-0.15, -0.1) is 0 Å². The van der Waals surface area contributed by atoms with Gasteiger partial charge in [-0.05, 0) is 25.1 Å². The van der Waals surface area contributed by atoms with Crippen LogP contribution in [-0.2, 0) is 0 Å². The average molecular weight is 298 g/mol. The lowest BCUT2D eigenvalue weighted by molar-refractivity contribution is 0.0965. The van der Waals surface area contributed by atoms with Crippen LogP contribution in [0.5, 0.6) is 0 Å². The maximum atomic E-state index is 12.7. The maximum absolute atomic E-state index is 12.7. The highest BCUT2D eigenvalue weighted by Crippen LogP contribution is 2.29. The minimum atomic E-state index is -0.246. The number of halogens is 1. The zero-order valence-corrected chi connectivity index (χ0v) is 12.1. The Morgan fingerprint density at radius 3 is 2.43 bits per heavy atom. The van der Waals surface area contributed by atoms with E-state index in [1.54, 1.807) is 24.3 Å². The predicted octanol–water partition coefficient (Wildman–Crippen LogP) is 4.10. The summed E-state index contributed by atoms with van der Waals surface area (Å²) in [4.78, 5) is 23.9. The van der Waals surface area contributed by atoms with Gasteiger partial charge in [0.2, 0.25) is 0 Å². The van der Waals surface area contributed by atoms with E-state index in [1.807, 2.05) is 31.2 Å². The number of para-hydroxylation sites is 1. The quantitative estimate of drug-likeness (QED) is 0.668. The predicted molar refractivity (Wildman–Crippen MR) is 83.2 cm³/mol. The molecule has 21 heavy (non-hydrogen) atoms. The van der Waals surface area contributed by atoms with Crippen molar-refractivity contribution in [2.75, 3.05) is 0 Å². The first-order valence-corrected chi connectivity index (χ1v) is 6.86. The van der Waals surface area contributed by atoms with Crippen LogP contribution in [0.2, 0.25) is 5.15 Å². The van der Waals surface area contributed by atoms with Crippen LogP contribution in [-0.4, -0.2) is 16.8 Å². The lowest BCUT2D eigenvalue weighted by Gasteiger charge is -2.06. The minimum absolute atomic E-state index is 0.150. The van der Waals surface area contributed by atoms with Crippen molar-refractivity contribution in [2.24, 2.45) is 0 Å². The fourth-order valence-corrected chi connectivity index (χ4v) is 2.68. The third kappa shape index (κ3) is 2.16. The van der Waals surface area contributed by atoms with Crippen LogP contribution in [0.1, 0.15) is 26.3 Å². The molecule has 1 aromatic heterocycles. The standard InChI is InChI=1S/C17H12ClNO2/c1-11-6-8-12(9-7-11)17(21)19-15-5-3-2-4-13(15)14(10-20)16(19)18/h2-10H,1H3. The lowest BCUT2D eigenvalue weighted by Crippen LogP contribution is -2.12. The van der Waals surface area contributed by atoms with Gasteiger partial charge >= 0.3 is 0 Å². The van der Waals surface area contributed by atoms with Crippen LogP contribution < -0.4 is 0 Å². The van der Waals surface area contributed by atoms with Gasteiger partial charge in [-0.2, -0.15) is 0 Å². The van der Waals surface area contributed by atoms with E-state index < -0.39 is 0 Å². The Bertz CT molecular complexity index is 847. The Morgan fingerprint density at radius 1 is 1.10 bits per heavy atom. The molecule has 0 bridgehead atoms. The molecule has 0 aliphatic carbocycles. The molecule has 0 radical (unpaired) electrons. The van der Waals surface area contributed by atoms with E-state index in [4.69, 9.17) is 11.6 Å². The highest BCUT2D eigenvalue weighted by atomic mass is 35.5. The van der Waals surface area contributed by atoms with Gasteiger partial charge in [0, 0.05) is 10.9 Å². The van der Waals surface area contributed by atoms with Crippen LogP contribution in [0.15, 0.2) is 48.5 Å². The van der Waals surface area contributed by atoms with Crippen molar-refractivity contribution in [1.29, 1.82) is 0 Å². The highest BCUT2D eigenvalue weighted by molar-refractivity contribution is 6.36. The molecule has 0 spiro atoms. The summed E-state index contributed by atoms with van der Waals surface area (Å²) in [5, 5.41) is 0.828. The SMILES string of the molecule is Cc1ccc(C(=O)n2c(Cl)c(C=O)c3ccccc32)cc1. The minimum Gasteiger partial charge on any atom is -0.298 e. The monoisotopic (exact) mass is 297 g/mol. The second-order valence-corrected chi connectivity index (χ2v) is 5.20. The van der Waals surface area contributed by atoms with Gasteiger partial charge in [0.1, 0.15) is 5.15 Å². The van der Waals surface area contributed by atoms with E-state index in [0.717, 1.165) is 5.56 Å². The number of hydrogen-bond acceptors (Lipinski definition) is 2. The molecule has 0 atom stereocenters. The number of rotatable bonds is 2. The number of hydrogen-bond donors (Lipinski definition) is 0. The Kier molecular flexibility index (Phi) is 3.35. The van der Waals surface area contributed by atoms with E-state index in [9.17, 15) is 9.59 Å². The normalized spacial score (nSPS) is 10.8. The Labute approximate surface area is 126 Å². The molecule has 0 saturated heterocycles. The van der Waals surface area contributed by atoms with E-state index in [0.29, 0.717) is 28.3 Å². The highest BCUT2D eigenvalue weighted by Gasteiger charge is 2.20. The number of aromatic nitrogens is 1. The summed E-state index contributed by atoms with van der Waals surface area (Å²) in [5.41, 5.74) is 2.58. The number of benzene rings is 2. The van der Waals surface area contributed by atoms with Crippen molar-refractivity contribution in [2.45, 2.75) is 6.92 Å². The van der Waals surface area contributed by atoms with E-state index in [2.05, 4.69) is 0 Å². The Hall–Kier alpha value is -2.39. The van der Waals surface area contributed by atoms with Crippen LogP contribution in [0.4, 0.5) is 0 Å². The fourth-order valence-electron chi connectivity index (χ4n) is 2.37. The summed E-state index contributed by atoms with van der Waals surface area (Å²) in [6, 6.07) is 14.4. The van der Waals surface area contributed by atoms with Crippen molar-refractivity contribution < 1.29 is 9.59 Å². The van der Waals surface area contributed by atoms with Gasteiger partial charge in [-0.25, -0.2) is 0 Å². The van der Waals surface area contributed by atoms with E-state index in [-0.39, 0.29) is 11.1 Å². The molecule has 0 aliphatic heterocycles. The summed E-state index contributed by atoms with van der Waals surface area (Å²) in [7, 11) is 0. The van der Waals surface area contributed by atoms with Crippen molar-refractivity contribution in [3.63, 3.8) is 0 Å². The maximum Gasteiger partial charge on any atom is 0.263 e. The van der Waals surface area contributed by atoms with Crippen molar-refractivity contribution in [3.8, 4) is 0 Å². The largest absolute Gasteiger partial charge is 0.298 e. The molecule has 1 heterocycles. The summed E-state index contributed by atoms with van der Waals surface area (Å²) >= 11 is 6.24. The molecule has 3 rings (SSSR count). The van der Waals surface area contributed by atoms with Gasteiger partial charge in [0.05, 0.1) is 11.1 Å². The Balaban J connectivity index is 2.25. The molecule has 0 fully saturated rings. The molecule has 0 amide bonds. The van der Waals surface area contributed by atoms with Gasteiger partial charge in [-0.3, -0.25) is 14.2 Å². The van der Waals surface area contributed by atoms with Crippen LogP contribution in [0.3, 0.4) is 0 Å². The number of nitrogens with zero attached hydrogens (tertiary/aromatic N) is 1. The molecule has 0 aliphatic rings. The number of aldehydes is 1. The number of fused-ring (bicyclic) bond motifs is 1. The zero-order chi connectivity index (χ0) is 15.0. The first kappa shape index (κ1) is 13.6. The topological polar surface area (TPSA) is 39.1 Å². The molecular weight excluding hydrogens is 286 g/mol. The van der Waals surface area contributed by atoms with Crippen molar-refractivity contribution in [1.82, 2.24) is 4.57 Å². The molecule has 2 aromatic carbocycles. The molecule has 0 N–H and O–H groups in total. The van der Waals surface area contributed by atoms with Gasteiger partial charge in [0.25, 0.3) is 5.91 Å². The van der Waals surface area contributed by atoms with Crippen molar-refractivity contribution >= 4 is 34.7 Å². The van der Waals surface area contributed by atoms with Crippen LogP contribution in [0, 0.1) is 6.92 Å². The van der Waals surface area contributed by atoms with Crippen LogP contribution in [0.25, 0.3) is 10.9 Å². The van der Waals surface area contributed by atoms with Crippen LogP contribution >= 0.6 is 11.6 Å². The first-order chi connectivity index (χ1) is 10.1. The summed E-state index contributed by atoms with van der Waals surface area (Å²) in [6.07, 6.45) is 0.684. The van der Waals surface area contributed by atoms with E-state index in [1.165, 1.54) is 4.57 Å². The summed E-state index contributed by atoms with van der Waals surface area (Å²) < 4.78 is 1.38. The smallest absolute Gasteiger partial charge is 0.263 e. The molecule has 0 unspecified atom stereocenters. The molecule has 4 heteroatoms. The summed E-state index contributed by atoms with van der Waals surface area (Å²) in [6.45, 7) is 1.96. The van der Waals surface area contributed by atoms with Gasteiger partial charge < -0.3 is 0 Å². The molecule has 104 valence electrons. The summed E-state index contributed by atoms with van der Waals surface area (Å²) in [5.74, 6) is -0.246. The number of aryl methyl sites for hydroxylation is 1.